The minimum absolute atomic E-state index is 0.194. The third-order valence-electron chi connectivity index (χ3n) is 5.43. The van der Waals surface area contributed by atoms with Gasteiger partial charge in [-0.2, -0.15) is 0 Å². The van der Waals surface area contributed by atoms with Gasteiger partial charge in [-0.15, -0.1) is 0 Å². The van der Waals surface area contributed by atoms with E-state index in [2.05, 4.69) is 0 Å². The molecule has 4 aromatic rings. The van der Waals surface area contributed by atoms with Crippen molar-refractivity contribution in [1.29, 1.82) is 0 Å². The Labute approximate surface area is 234 Å². The molecule has 5 rings (SSSR count). The van der Waals surface area contributed by atoms with Crippen LogP contribution in [0.1, 0.15) is 11.1 Å². The first kappa shape index (κ1) is 25.4. The van der Waals surface area contributed by atoms with Gasteiger partial charge >= 0.3 is 0 Å². The Morgan fingerprint density at radius 1 is 0.838 bits per heavy atom. The predicted molar refractivity (Wildman–Crippen MR) is 155 cm³/mol. The first-order chi connectivity index (χ1) is 18.0. The number of hydrogen-bond acceptors (Lipinski definition) is 4. The highest BCUT2D eigenvalue weighted by Crippen LogP contribution is 2.38. The number of ether oxygens (including phenoxy) is 1. The van der Waals surface area contributed by atoms with E-state index in [1.165, 1.54) is 11.8 Å². The highest BCUT2D eigenvalue weighted by molar-refractivity contribution is 8.19. The topological polar surface area (TPSA) is 41.9 Å². The lowest BCUT2D eigenvalue weighted by Gasteiger charge is -2.15. The molecule has 4 aromatic carbocycles. The zero-order valence-corrected chi connectivity index (χ0v) is 22.4. The van der Waals surface area contributed by atoms with E-state index in [9.17, 15) is 4.79 Å². The number of amidine groups is 1. The molecule has 1 aliphatic rings. The molecule has 0 aliphatic carbocycles. The molecule has 37 heavy (non-hydrogen) atoms. The molecule has 1 heterocycles. The van der Waals surface area contributed by atoms with E-state index < -0.39 is 0 Å². The molecule has 0 radical (unpaired) electrons. The van der Waals surface area contributed by atoms with Gasteiger partial charge in [0.05, 0.1) is 21.3 Å². The second kappa shape index (κ2) is 11.4. The Morgan fingerprint density at radius 2 is 1.51 bits per heavy atom. The Hall–Kier alpha value is -3.22. The molecular formula is C29H19Cl3N2O2S. The van der Waals surface area contributed by atoms with Crippen molar-refractivity contribution in [2.75, 3.05) is 4.90 Å². The maximum atomic E-state index is 13.5. The van der Waals surface area contributed by atoms with E-state index in [0.717, 1.165) is 11.1 Å². The van der Waals surface area contributed by atoms with Crippen molar-refractivity contribution >= 4 is 75.1 Å². The summed E-state index contributed by atoms with van der Waals surface area (Å²) < 4.78 is 5.87. The zero-order chi connectivity index (χ0) is 25.8. The molecular weight excluding hydrogens is 547 g/mol. The van der Waals surface area contributed by atoms with Gasteiger partial charge in [0.15, 0.2) is 5.17 Å². The third-order valence-corrected chi connectivity index (χ3v) is 7.20. The number of anilines is 1. The van der Waals surface area contributed by atoms with Crippen LogP contribution in [0.3, 0.4) is 0 Å². The molecule has 1 fully saturated rings. The smallest absolute Gasteiger partial charge is 0.271 e. The van der Waals surface area contributed by atoms with E-state index in [-0.39, 0.29) is 5.91 Å². The van der Waals surface area contributed by atoms with Crippen molar-refractivity contribution in [1.82, 2.24) is 0 Å². The summed E-state index contributed by atoms with van der Waals surface area (Å²) in [6, 6.07) is 29.5. The number of carbonyl (C=O) groups excluding carboxylic acids is 1. The van der Waals surface area contributed by atoms with E-state index in [4.69, 9.17) is 44.5 Å². The summed E-state index contributed by atoms with van der Waals surface area (Å²) in [5, 5.41) is 2.18. The van der Waals surface area contributed by atoms with Crippen LogP contribution in [-0.2, 0) is 11.4 Å². The van der Waals surface area contributed by atoms with Crippen LogP contribution in [0.15, 0.2) is 107 Å². The van der Waals surface area contributed by atoms with Gasteiger partial charge in [-0.3, -0.25) is 9.69 Å². The van der Waals surface area contributed by atoms with E-state index in [0.29, 0.717) is 48.9 Å². The zero-order valence-electron chi connectivity index (χ0n) is 19.3. The largest absolute Gasteiger partial charge is 0.487 e. The average molecular weight is 566 g/mol. The molecule has 0 spiro atoms. The molecule has 0 bridgehead atoms. The molecule has 1 aliphatic heterocycles. The molecule has 0 unspecified atom stereocenters. The van der Waals surface area contributed by atoms with Crippen LogP contribution in [-0.4, -0.2) is 11.1 Å². The first-order valence-corrected chi connectivity index (χ1v) is 13.2. The fourth-order valence-electron chi connectivity index (χ4n) is 3.60. The average Bonchev–Trinajstić information content (AvgIpc) is 3.20. The fraction of sp³-hybridized carbons (Fsp3) is 0.0345. The number of hydrogen-bond donors (Lipinski definition) is 0. The second-order valence-corrected chi connectivity index (χ2v) is 10.4. The molecule has 0 saturated carbocycles. The van der Waals surface area contributed by atoms with Crippen LogP contribution >= 0.6 is 46.6 Å². The monoisotopic (exact) mass is 564 g/mol. The lowest BCUT2D eigenvalue weighted by Crippen LogP contribution is -2.28. The molecule has 8 heteroatoms. The van der Waals surface area contributed by atoms with Crippen molar-refractivity contribution in [2.24, 2.45) is 4.99 Å². The minimum atomic E-state index is -0.194. The summed E-state index contributed by atoms with van der Waals surface area (Å²) in [7, 11) is 0. The number of aliphatic imine (C=N–C) groups is 1. The van der Waals surface area contributed by atoms with Crippen LogP contribution in [0.25, 0.3) is 6.08 Å². The van der Waals surface area contributed by atoms with Gasteiger partial charge in [0, 0.05) is 10.0 Å². The van der Waals surface area contributed by atoms with Crippen molar-refractivity contribution < 1.29 is 9.53 Å². The van der Waals surface area contributed by atoms with Gasteiger partial charge in [0.25, 0.3) is 5.91 Å². The molecule has 0 aromatic heterocycles. The Morgan fingerprint density at radius 3 is 2.19 bits per heavy atom. The van der Waals surface area contributed by atoms with Crippen molar-refractivity contribution in [3.05, 3.63) is 128 Å². The molecule has 4 nitrogen and oxygen atoms in total. The second-order valence-electron chi connectivity index (χ2n) is 8.06. The summed E-state index contributed by atoms with van der Waals surface area (Å²) in [5.74, 6) is 0.381. The maximum Gasteiger partial charge on any atom is 0.271 e. The number of amides is 1. The first-order valence-electron chi connectivity index (χ1n) is 11.3. The normalized spacial score (nSPS) is 15.5. The number of carbonyl (C=O) groups is 1. The van der Waals surface area contributed by atoms with Gasteiger partial charge in [-0.1, -0.05) is 71.2 Å². The Bertz CT molecular complexity index is 1490. The Balaban J connectivity index is 1.42. The predicted octanol–water partition coefficient (Wildman–Crippen LogP) is 9.03. The van der Waals surface area contributed by atoms with Gasteiger partial charge in [-0.05, 0) is 89.6 Å². The summed E-state index contributed by atoms with van der Waals surface area (Å²) >= 11 is 19.9. The summed E-state index contributed by atoms with van der Waals surface area (Å²) in [5.41, 5.74) is 3.17. The molecule has 1 amide bonds. The summed E-state index contributed by atoms with van der Waals surface area (Å²) in [6.45, 7) is 0.413. The number of thioether (sulfide) groups is 1. The van der Waals surface area contributed by atoms with Crippen molar-refractivity contribution in [3.8, 4) is 5.75 Å². The number of rotatable bonds is 6. The fourth-order valence-corrected chi connectivity index (χ4v) is 5.10. The SMILES string of the molecule is O=C1/C(=C/c2ccc(OCc3ccccc3)c(Cl)c2)SC(=Nc2ccc(Cl)cc2)N1c1ccc(Cl)cc1. The summed E-state index contributed by atoms with van der Waals surface area (Å²) in [6.07, 6.45) is 1.80. The molecule has 1 saturated heterocycles. The van der Waals surface area contributed by atoms with E-state index in [1.54, 1.807) is 71.6 Å². The maximum absolute atomic E-state index is 13.5. The van der Waals surface area contributed by atoms with Crippen LogP contribution in [0.4, 0.5) is 11.4 Å². The highest BCUT2D eigenvalue weighted by Gasteiger charge is 2.34. The molecule has 184 valence electrons. The highest BCUT2D eigenvalue weighted by atomic mass is 35.5. The van der Waals surface area contributed by atoms with Crippen LogP contribution in [0.2, 0.25) is 15.1 Å². The number of halogens is 3. The minimum Gasteiger partial charge on any atom is -0.487 e. The number of benzene rings is 4. The lowest BCUT2D eigenvalue weighted by atomic mass is 10.2. The van der Waals surface area contributed by atoms with Gasteiger partial charge < -0.3 is 4.74 Å². The Kier molecular flexibility index (Phi) is 7.87. The van der Waals surface area contributed by atoms with Gasteiger partial charge in [0.1, 0.15) is 12.4 Å². The van der Waals surface area contributed by atoms with E-state index in [1.807, 2.05) is 36.4 Å². The van der Waals surface area contributed by atoms with Gasteiger partial charge in [0.2, 0.25) is 0 Å². The summed E-state index contributed by atoms with van der Waals surface area (Å²) in [4.78, 5) is 20.3. The van der Waals surface area contributed by atoms with Crippen LogP contribution in [0, 0.1) is 0 Å². The standard InChI is InChI=1S/C29H19Cl3N2O2S/c30-21-7-11-23(12-8-21)33-29-34(24-13-9-22(31)10-14-24)28(35)27(37-29)17-20-6-15-26(25(32)16-20)36-18-19-4-2-1-3-5-19/h1-17H,18H2/b27-17-,33-29?. The number of nitrogens with zero attached hydrogens (tertiary/aromatic N) is 2. The van der Waals surface area contributed by atoms with Crippen molar-refractivity contribution in [2.45, 2.75) is 6.61 Å². The van der Waals surface area contributed by atoms with Crippen molar-refractivity contribution in [3.63, 3.8) is 0 Å². The lowest BCUT2D eigenvalue weighted by molar-refractivity contribution is -0.113. The van der Waals surface area contributed by atoms with E-state index >= 15 is 0 Å². The van der Waals surface area contributed by atoms with Crippen LogP contribution in [0.5, 0.6) is 5.75 Å². The third kappa shape index (κ3) is 6.20. The van der Waals surface area contributed by atoms with Gasteiger partial charge in [-0.25, -0.2) is 4.99 Å². The molecule has 0 N–H and O–H groups in total. The quantitative estimate of drug-likeness (QED) is 0.219. The van der Waals surface area contributed by atoms with Crippen LogP contribution < -0.4 is 9.64 Å². The molecule has 0 atom stereocenters.